The Hall–Kier alpha value is -1.83. The molecule has 0 saturated heterocycles. The largest absolute Gasteiger partial charge is 0.358 e. The van der Waals surface area contributed by atoms with E-state index in [2.05, 4.69) is 16.1 Å². The number of nitro groups is 1. The first-order chi connectivity index (χ1) is 5.97. The van der Waals surface area contributed by atoms with E-state index in [4.69, 9.17) is 6.42 Å². The van der Waals surface area contributed by atoms with Crippen molar-refractivity contribution in [1.82, 2.24) is 10.2 Å². The minimum Gasteiger partial charge on any atom is -0.358 e. The minimum absolute atomic E-state index is 0.140. The number of aromatic amines is 1. The standard InChI is InChI=1S/C8H9N3O2/c1-4-8(2,3)6-5-7(10-9-6)11(12)13/h1,5H,2-3H3,(H,9,10). The molecule has 1 rings (SSSR count). The molecule has 68 valence electrons. The summed E-state index contributed by atoms with van der Waals surface area (Å²) in [6.45, 7) is 3.54. The van der Waals surface area contributed by atoms with Gasteiger partial charge in [-0.25, -0.2) is 0 Å². The smallest absolute Gasteiger partial charge is 0.342 e. The number of aromatic nitrogens is 2. The van der Waals surface area contributed by atoms with Crippen molar-refractivity contribution in [2.75, 3.05) is 0 Å². The summed E-state index contributed by atoms with van der Waals surface area (Å²) in [7, 11) is 0. The Morgan fingerprint density at radius 3 is 2.77 bits per heavy atom. The van der Waals surface area contributed by atoms with Crippen LogP contribution in [0.25, 0.3) is 0 Å². The van der Waals surface area contributed by atoms with Gasteiger partial charge in [0.25, 0.3) is 0 Å². The molecule has 1 heterocycles. The monoisotopic (exact) mass is 179 g/mol. The molecule has 0 aliphatic carbocycles. The van der Waals surface area contributed by atoms with Crippen LogP contribution < -0.4 is 0 Å². The molecular weight excluding hydrogens is 170 g/mol. The van der Waals surface area contributed by atoms with Gasteiger partial charge in [0, 0.05) is 0 Å². The van der Waals surface area contributed by atoms with Crippen LogP contribution in [0.5, 0.6) is 0 Å². The molecule has 0 bridgehead atoms. The summed E-state index contributed by atoms with van der Waals surface area (Å²) in [5, 5.41) is 16.4. The molecule has 0 spiro atoms. The zero-order valence-corrected chi connectivity index (χ0v) is 7.37. The molecule has 0 fully saturated rings. The Kier molecular flexibility index (Phi) is 2.07. The molecule has 0 aliphatic rings. The van der Waals surface area contributed by atoms with Gasteiger partial charge in [-0.3, -0.25) is 0 Å². The highest BCUT2D eigenvalue weighted by molar-refractivity contribution is 5.31. The predicted molar refractivity (Wildman–Crippen MR) is 47.1 cm³/mol. The first-order valence-corrected chi connectivity index (χ1v) is 3.65. The SMILES string of the molecule is C#CC(C)(C)c1cc([N+](=O)[O-])[nH]n1. The highest BCUT2D eigenvalue weighted by atomic mass is 16.6. The van der Waals surface area contributed by atoms with Crippen molar-refractivity contribution in [1.29, 1.82) is 0 Å². The van der Waals surface area contributed by atoms with Gasteiger partial charge >= 0.3 is 5.82 Å². The molecular formula is C8H9N3O2. The number of nitrogens with one attached hydrogen (secondary N) is 1. The number of rotatable bonds is 2. The van der Waals surface area contributed by atoms with E-state index >= 15 is 0 Å². The molecule has 0 unspecified atom stereocenters. The normalized spacial score (nSPS) is 10.8. The Morgan fingerprint density at radius 1 is 1.77 bits per heavy atom. The van der Waals surface area contributed by atoms with Crippen LogP contribution in [0.2, 0.25) is 0 Å². The van der Waals surface area contributed by atoms with Gasteiger partial charge < -0.3 is 10.1 Å². The number of nitrogens with zero attached hydrogens (tertiary/aromatic N) is 2. The predicted octanol–water partition coefficient (Wildman–Crippen LogP) is 1.23. The third-order valence-corrected chi connectivity index (χ3v) is 1.76. The van der Waals surface area contributed by atoms with Crippen molar-refractivity contribution in [3.05, 3.63) is 21.9 Å². The van der Waals surface area contributed by atoms with Crippen LogP contribution in [-0.2, 0) is 5.41 Å². The van der Waals surface area contributed by atoms with Crippen LogP contribution in [0.3, 0.4) is 0 Å². The van der Waals surface area contributed by atoms with E-state index in [9.17, 15) is 10.1 Å². The van der Waals surface area contributed by atoms with Crippen molar-refractivity contribution in [2.24, 2.45) is 0 Å². The second-order valence-corrected chi connectivity index (χ2v) is 3.16. The zero-order valence-electron chi connectivity index (χ0n) is 7.37. The summed E-state index contributed by atoms with van der Waals surface area (Å²) >= 11 is 0. The van der Waals surface area contributed by atoms with E-state index < -0.39 is 10.3 Å². The molecule has 13 heavy (non-hydrogen) atoms. The quantitative estimate of drug-likeness (QED) is 0.421. The van der Waals surface area contributed by atoms with Crippen LogP contribution in [-0.4, -0.2) is 15.1 Å². The van der Waals surface area contributed by atoms with Crippen LogP contribution >= 0.6 is 0 Å². The van der Waals surface area contributed by atoms with Gasteiger partial charge in [0.2, 0.25) is 0 Å². The Labute approximate surface area is 75.3 Å². The molecule has 1 N–H and O–H groups in total. The maximum Gasteiger partial charge on any atom is 0.342 e. The summed E-state index contributed by atoms with van der Waals surface area (Å²) < 4.78 is 0. The summed E-state index contributed by atoms with van der Waals surface area (Å²) in [5.74, 6) is 2.36. The maximum atomic E-state index is 10.3. The van der Waals surface area contributed by atoms with E-state index in [-0.39, 0.29) is 5.82 Å². The van der Waals surface area contributed by atoms with Crippen LogP contribution in [0, 0.1) is 22.5 Å². The first-order valence-electron chi connectivity index (χ1n) is 3.65. The van der Waals surface area contributed by atoms with Crippen LogP contribution in [0.1, 0.15) is 19.5 Å². The van der Waals surface area contributed by atoms with Gasteiger partial charge in [-0.1, -0.05) is 11.0 Å². The third-order valence-electron chi connectivity index (χ3n) is 1.76. The van der Waals surface area contributed by atoms with E-state index in [0.717, 1.165) is 0 Å². The molecule has 0 amide bonds. The summed E-state index contributed by atoms with van der Waals surface area (Å²) in [5.41, 5.74) is -0.0770. The lowest BCUT2D eigenvalue weighted by Gasteiger charge is -2.11. The maximum absolute atomic E-state index is 10.3. The van der Waals surface area contributed by atoms with E-state index in [1.54, 1.807) is 13.8 Å². The third kappa shape index (κ3) is 1.67. The van der Waals surface area contributed by atoms with Gasteiger partial charge in [-0.15, -0.1) is 11.5 Å². The van der Waals surface area contributed by atoms with Crippen molar-refractivity contribution >= 4 is 5.82 Å². The molecule has 0 radical (unpaired) electrons. The molecule has 1 aromatic rings. The Morgan fingerprint density at radius 2 is 2.38 bits per heavy atom. The lowest BCUT2D eigenvalue weighted by Crippen LogP contribution is -2.14. The van der Waals surface area contributed by atoms with E-state index in [1.807, 2.05) is 0 Å². The van der Waals surface area contributed by atoms with Gasteiger partial charge in [0.05, 0.1) is 11.5 Å². The second kappa shape index (κ2) is 2.90. The first kappa shape index (κ1) is 9.26. The number of H-pyrrole nitrogens is 1. The van der Waals surface area contributed by atoms with E-state index in [1.165, 1.54) is 6.07 Å². The molecule has 5 heteroatoms. The Bertz CT molecular complexity index is 373. The molecule has 0 aromatic carbocycles. The van der Waals surface area contributed by atoms with Crippen molar-refractivity contribution in [3.8, 4) is 12.3 Å². The van der Waals surface area contributed by atoms with Gasteiger partial charge in [-0.05, 0) is 18.8 Å². The van der Waals surface area contributed by atoms with Crippen LogP contribution in [0.4, 0.5) is 5.82 Å². The molecule has 5 nitrogen and oxygen atoms in total. The fourth-order valence-electron chi connectivity index (χ4n) is 0.799. The average molecular weight is 179 g/mol. The number of terminal acetylenes is 1. The highest BCUT2D eigenvalue weighted by Gasteiger charge is 2.24. The topological polar surface area (TPSA) is 71.8 Å². The lowest BCUT2D eigenvalue weighted by molar-refractivity contribution is -0.389. The fourth-order valence-corrected chi connectivity index (χ4v) is 0.799. The van der Waals surface area contributed by atoms with Gasteiger partial charge in [0.15, 0.2) is 0 Å². The summed E-state index contributed by atoms with van der Waals surface area (Å²) in [6.07, 6.45) is 5.25. The van der Waals surface area contributed by atoms with Crippen molar-refractivity contribution < 1.29 is 4.92 Å². The Balaban J connectivity index is 3.07. The van der Waals surface area contributed by atoms with Gasteiger partial charge in [-0.2, -0.15) is 0 Å². The van der Waals surface area contributed by atoms with E-state index in [0.29, 0.717) is 5.69 Å². The second-order valence-electron chi connectivity index (χ2n) is 3.16. The van der Waals surface area contributed by atoms with Crippen LogP contribution in [0.15, 0.2) is 6.07 Å². The van der Waals surface area contributed by atoms with Crippen molar-refractivity contribution in [3.63, 3.8) is 0 Å². The average Bonchev–Trinajstić information content (AvgIpc) is 2.52. The number of hydrogen-bond acceptors (Lipinski definition) is 3. The summed E-state index contributed by atoms with van der Waals surface area (Å²) in [6, 6.07) is 1.35. The molecule has 1 aromatic heterocycles. The fraction of sp³-hybridized carbons (Fsp3) is 0.375. The van der Waals surface area contributed by atoms with Gasteiger partial charge in [0.1, 0.15) is 5.69 Å². The number of hydrogen-bond donors (Lipinski definition) is 1. The molecule has 0 aliphatic heterocycles. The summed E-state index contributed by atoms with van der Waals surface area (Å²) in [4.78, 5) is 9.77. The van der Waals surface area contributed by atoms with Crippen molar-refractivity contribution in [2.45, 2.75) is 19.3 Å². The minimum atomic E-state index is -0.579. The molecule has 0 saturated carbocycles. The highest BCUT2D eigenvalue weighted by Crippen LogP contribution is 2.22. The lowest BCUT2D eigenvalue weighted by atomic mass is 9.91. The molecule has 0 atom stereocenters. The zero-order chi connectivity index (χ0) is 10.1.